The van der Waals surface area contributed by atoms with Crippen LogP contribution in [0.2, 0.25) is 0 Å². The Morgan fingerprint density at radius 2 is 1.96 bits per heavy atom. The summed E-state index contributed by atoms with van der Waals surface area (Å²) < 4.78 is 0. The highest BCUT2D eigenvalue weighted by atomic mass is 16.1. The minimum Gasteiger partial charge on any atom is -0.352 e. The van der Waals surface area contributed by atoms with Gasteiger partial charge in [0.25, 0.3) is 5.91 Å². The van der Waals surface area contributed by atoms with Gasteiger partial charge in [-0.25, -0.2) is 9.97 Å². The number of aromatic nitrogens is 2. The number of nitrogens with zero attached hydrogens (tertiary/aromatic N) is 3. The van der Waals surface area contributed by atoms with E-state index >= 15 is 0 Å². The van der Waals surface area contributed by atoms with Crippen LogP contribution in [-0.4, -0.2) is 29.0 Å². The van der Waals surface area contributed by atoms with E-state index in [-0.39, 0.29) is 5.91 Å². The van der Waals surface area contributed by atoms with Gasteiger partial charge in [-0.1, -0.05) is 37.6 Å². The molecule has 2 aromatic rings. The molecule has 0 saturated heterocycles. The van der Waals surface area contributed by atoms with Gasteiger partial charge in [0.05, 0.1) is 5.56 Å². The summed E-state index contributed by atoms with van der Waals surface area (Å²) in [5.74, 6) is 0.582. The van der Waals surface area contributed by atoms with Crippen LogP contribution in [0.4, 0.5) is 5.95 Å². The fourth-order valence-corrected chi connectivity index (χ4v) is 2.75. The Hall–Kier alpha value is -2.43. The number of carbonyl (C=O) groups excluding carboxylic acids is 1. The van der Waals surface area contributed by atoms with E-state index in [1.807, 2.05) is 0 Å². The van der Waals surface area contributed by atoms with Crippen LogP contribution in [0.15, 0.2) is 36.7 Å². The fraction of sp³-hybridized carbons (Fsp3) is 0.389. The number of anilines is 1. The van der Waals surface area contributed by atoms with Crippen molar-refractivity contribution >= 4 is 11.9 Å². The first-order valence-corrected chi connectivity index (χ1v) is 8.20. The second-order valence-electron chi connectivity index (χ2n) is 5.82. The van der Waals surface area contributed by atoms with Crippen LogP contribution in [0.3, 0.4) is 0 Å². The smallest absolute Gasteiger partial charge is 0.254 e. The summed E-state index contributed by atoms with van der Waals surface area (Å²) in [4.78, 5) is 22.9. The van der Waals surface area contributed by atoms with Gasteiger partial charge >= 0.3 is 0 Å². The molecule has 1 aliphatic heterocycles. The molecule has 5 heteroatoms. The molecule has 1 aromatic heterocycles. The topological polar surface area (TPSA) is 58.1 Å². The number of nitrogens with one attached hydrogen (secondary N) is 1. The van der Waals surface area contributed by atoms with Gasteiger partial charge in [0.1, 0.15) is 0 Å². The third-order valence-corrected chi connectivity index (χ3v) is 4.13. The molecule has 0 fully saturated rings. The average molecular weight is 310 g/mol. The van der Waals surface area contributed by atoms with Crippen molar-refractivity contribution in [2.75, 3.05) is 18.0 Å². The Morgan fingerprint density at radius 3 is 2.70 bits per heavy atom. The number of carbonyl (C=O) groups is 1. The van der Waals surface area contributed by atoms with E-state index in [0.717, 1.165) is 32.4 Å². The van der Waals surface area contributed by atoms with Crippen molar-refractivity contribution in [1.29, 1.82) is 0 Å². The predicted octanol–water partition coefficient (Wildman–Crippen LogP) is 2.57. The van der Waals surface area contributed by atoms with Crippen molar-refractivity contribution in [3.8, 4) is 0 Å². The maximum atomic E-state index is 12.0. The molecule has 1 aliphatic rings. The number of benzene rings is 1. The summed E-state index contributed by atoms with van der Waals surface area (Å²) in [5.41, 5.74) is 3.24. The molecule has 0 radical (unpaired) electrons. The van der Waals surface area contributed by atoms with Crippen LogP contribution >= 0.6 is 0 Å². The largest absolute Gasteiger partial charge is 0.352 e. The van der Waals surface area contributed by atoms with Crippen molar-refractivity contribution in [2.24, 2.45) is 0 Å². The molecule has 0 saturated carbocycles. The molecule has 1 amide bonds. The third kappa shape index (κ3) is 3.67. The molecule has 3 rings (SSSR count). The lowest BCUT2D eigenvalue weighted by molar-refractivity contribution is 0.0952. The molecule has 2 heterocycles. The van der Waals surface area contributed by atoms with Crippen LogP contribution in [0, 0.1) is 0 Å². The zero-order valence-corrected chi connectivity index (χ0v) is 13.5. The van der Waals surface area contributed by atoms with Crippen molar-refractivity contribution in [1.82, 2.24) is 15.3 Å². The third-order valence-electron chi connectivity index (χ3n) is 4.13. The Labute approximate surface area is 136 Å². The van der Waals surface area contributed by atoms with E-state index in [9.17, 15) is 4.79 Å². The number of rotatable bonds is 5. The van der Waals surface area contributed by atoms with Gasteiger partial charge in [0.2, 0.25) is 5.95 Å². The molecule has 1 aromatic carbocycles. The lowest BCUT2D eigenvalue weighted by Crippen LogP contribution is -2.32. The van der Waals surface area contributed by atoms with E-state index < -0.39 is 0 Å². The number of fused-ring (bicyclic) bond motifs is 1. The Kier molecular flexibility index (Phi) is 4.86. The van der Waals surface area contributed by atoms with E-state index in [1.165, 1.54) is 11.1 Å². The van der Waals surface area contributed by atoms with Gasteiger partial charge in [0.15, 0.2) is 0 Å². The standard InChI is InChI=1S/C18H22N4O/c1-2-3-9-19-17(23)16-11-20-18(21-12-16)22-10-8-14-6-4-5-7-15(14)13-22/h4-7,11-12H,2-3,8-10,13H2,1H3,(H,19,23). The van der Waals surface area contributed by atoms with Gasteiger partial charge in [-0.05, 0) is 24.0 Å². The van der Waals surface area contributed by atoms with Crippen LogP contribution < -0.4 is 10.2 Å². The average Bonchev–Trinajstić information content (AvgIpc) is 2.61. The highest BCUT2D eigenvalue weighted by molar-refractivity contribution is 5.93. The maximum absolute atomic E-state index is 12.0. The number of hydrogen-bond acceptors (Lipinski definition) is 4. The summed E-state index contributed by atoms with van der Waals surface area (Å²) in [6.45, 7) is 4.51. The zero-order chi connectivity index (χ0) is 16.1. The highest BCUT2D eigenvalue weighted by Gasteiger charge is 2.18. The first-order chi connectivity index (χ1) is 11.3. The van der Waals surface area contributed by atoms with Crippen LogP contribution in [0.5, 0.6) is 0 Å². The molecular weight excluding hydrogens is 288 g/mol. The lowest BCUT2D eigenvalue weighted by Gasteiger charge is -2.28. The number of unbranched alkanes of at least 4 members (excludes halogenated alkanes) is 1. The predicted molar refractivity (Wildman–Crippen MR) is 90.5 cm³/mol. The molecule has 23 heavy (non-hydrogen) atoms. The lowest BCUT2D eigenvalue weighted by atomic mass is 10.0. The maximum Gasteiger partial charge on any atom is 0.254 e. The number of amides is 1. The van der Waals surface area contributed by atoms with Crippen molar-refractivity contribution in [3.05, 3.63) is 53.3 Å². The van der Waals surface area contributed by atoms with Gasteiger partial charge in [-0.15, -0.1) is 0 Å². The van der Waals surface area contributed by atoms with E-state index in [4.69, 9.17) is 0 Å². The van der Waals surface area contributed by atoms with Gasteiger partial charge in [-0.2, -0.15) is 0 Å². The van der Waals surface area contributed by atoms with E-state index in [1.54, 1.807) is 12.4 Å². The first kappa shape index (κ1) is 15.5. The SMILES string of the molecule is CCCCNC(=O)c1cnc(N2CCc3ccccc3C2)nc1. The van der Waals surface area contributed by atoms with Crippen molar-refractivity contribution in [3.63, 3.8) is 0 Å². The minimum absolute atomic E-state index is 0.103. The monoisotopic (exact) mass is 310 g/mol. The second-order valence-corrected chi connectivity index (χ2v) is 5.82. The highest BCUT2D eigenvalue weighted by Crippen LogP contribution is 2.21. The summed E-state index contributed by atoms with van der Waals surface area (Å²) >= 11 is 0. The van der Waals surface area contributed by atoms with Crippen LogP contribution in [0.25, 0.3) is 0 Å². The Balaban J connectivity index is 1.65. The van der Waals surface area contributed by atoms with Gasteiger partial charge < -0.3 is 10.2 Å². The molecule has 0 atom stereocenters. The fourth-order valence-electron chi connectivity index (χ4n) is 2.75. The summed E-state index contributed by atoms with van der Waals surface area (Å²) in [6.07, 6.45) is 6.27. The number of hydrogen-bond donors (Lipinski definition) is 1. The normalized spacial score (nSPS) is 13.5. The molecule has 0 unspecified atom stereocenters. The minimum atomic E-state index is -0.103. The molecule has 120 valence electrons. The molecular formula is C18H22N4O. The molecule has 0 bridgehead atoms. The molecule has 0 aliphatic carbocycles. The first-order valence-electron chi connectivity index (χ1n) is 8.20. The summed E-state index contributed by atoms with van der Waals surface area (Å²) in [5, 5.41) is 2.88. The molecule has 5 nitrogen and oxygen atoms in total. The van der Waals surface area contributed by atoms with Crippen LogP contribution in [-0.2, 0) is 13.0 Å². The van der Waals surface area contributed by atoms with Gasteiger partial charge in [0, 0.05) is 32.0 Å². The molecule has 0 spiro atoms. The van der Waals surface area contributed by atoms with Gasteiger partial charge in [-0.3, -0.25) is 4.79 Å². The van der Waals surface area contributed by atoms with Crippen LogP contribution in [0.1, 0.15) is 41.3 Å². The Morgan fingerprint density at radius 1 is 1.22 bits per heavy atom. The van der Waals surface area contributed by atoms with Crippen molar-refractivity contribution in [2.45, 2.75) is 32.7 Å². The summed E-state index contributed by atoms with van der Waals surface area (Å²) in [7, 11) is 0. The Bertz CT molecular complexity index is 669. The van der Waals surface area contributed by atoms with E-state index in [2.05, 4.69) is 51.4 Å². The summed E-state index contributed by atoms with van der Waals surface area (Å²) in [6, 6.07) is 8.47. The van der Waals surface area contributed by atoms with Crippen molar-refractivity contribution < 1.29 is 4.79 Å². The van der Waals surface area contributed by atoms with E-state index in [0.29, 0.717) is 18.1 Å². The zero-order valence-electron chi connectivity index (χ0n) is 13.5. The quantitative estimate of drug-likeness (QED) is 0.862. The second kappa shape index (κ2) is 7.22. The molecule has 1 N–H and O–H groups in total.